The lowest BCUT2D eigenvalue weighted by molar-refractivity contribution is 0.0748. The molecule has 1 aliphatic heterocycles. The number of aryl methyl sites for hydroxylation is 1. The third-order valence-electron chi connectivity index (χ3n) is 6.41. The highest BCUT2D eigenvalue weighted by molar-refractivity contribution is 6.07. The molecule has 0 N–H and O–H groups in total. The largest absolute Gasteiger partial charge is 0.368 e. The zero-order valence-corrected chi connectivity index (χ0v) is 18.5. The maximum absolute atomic E-state index is 13.6. The minimum Gasteiger partial charge on any atom is -0.368 e. The molecule has 1 aliphatic rings. The molecular formula is C27H26N4O. The van der Waals surface area contributed by atoms with E-state index in [4.69, 9.17) is 4.98 Å². The predicted molar refractivity (Wildman–Crippen MR) is 129 cm³/mol. The number of carbonyl (C=O) groups excluding carboxylic acids is 1. The first-order valence-electron chi connectivity index (χ1n) is 11.0. The lowest BCUT2D eigenvalue weighted by Gasteiger charge is -2.37. The molecule has 0 saturated carbocycles. The van der Waals surface area contributed by atoms with Gasteiger partial charge < -0.3 is 9.80 Å². The number of rotatable bonds is 3. The van der Waals surface area contributed by atoms with Gasteiger partial charge in [-0.1, -0.05) is 30.3 Å². The molecule has 5 nitrogen and oxygen atoms in total. The van der Waals surface area contributed by atoms with Crippen LogP contribution in [0.25, 0.3) is 22.2 Å². The van der Waals surface area contributed by atoms with Crippen molar-refractivity contribution in [2.24, 2.45) is 0 Å². The number of aromatic nitrogens is 2. The number of amides is 1. The lowest BCUT2D eigenvalue weighted by Crippen LogP contribution is -2.49. The van der Waals surface area contributed by atoms with Crippen LogP contribution in [-0.4, -0.2) is 47.0 Å². The number of benzene rings is 2. The van der Waals surface area contributed by atoms with Crippen molar-refractivity contribution in [1.82, 2.24) is 14.9 Å². The van der Waals surface area contributed by atoms with Gasteiger partial charge in [-0.2, -0.15) is 0 Å². The van der Waals surface area contributed by atoms with Crippen LogP contribution in [0.15, 0.2) is 73.1 Å². The van der Waals surface area contributed by atoms with Crippen LogP contribution in [0.4, 0.5) is 5.69 Å². The molecule has 0 unspecified atom stereocenters. The zero-order valence-electron chi connectivity index (χ0n) is 18.5. The fourth-order valence-corrected chi connectivity index (χ4v) is 4.42. The van der Waals surface area contributed by atoms with Gasteiger partial charge in [0.2, 0.25) is 0 Å². The first-order chi connectivity index (χ1) is 15.6. The van der Waals surface area contributed by atoms with Crippen LogP contribution in [0.5, 0.6) is 0 Å². The minimum atomic E-state index is 0.0690. The van der Waals surface area contributed by atoms with E-state index in [-0.39, 0.29) is 5.91 Å². The first kappa shape index (κ1) is 20.2. The van der Waals surface area contributed by atoms with Gasteiger partial charge in [-0.25, -0.2) is 4.98 Å². The van der Waals surface area contributed by atoms with Crippen molar-refractivity contribution in [2.75, 3.05) is 31.1 Å². The number of hydrogen-bond donors (Lipinski definition) is 0. The highest BCUT2D eigenvalue weighted by Gasteiger charge is 2.25. The van der Waals surface area contributed by atoms with E-state index in [9.17, 15) is 4.79 Å². The van der Waals surface area contributed by atoms with Crippen LogP contribution in [0, 0.1) is 13.8 Å². The molecule has 32 heavy (non-hydrogen) atoms. The van der Waals surface area contributed by atoms with Gasteiger partial charge in [-0.3, -0.25) is 9.78 Å². The van der Waals surface area contributed by atoms with Crippen molar-refractivity contribution in [1.29, 1.82) is 0 Å². The molecule has 1 amide bonds. The summed E-state index contributed by atoms with van der Waals surface area (Å²) < 4.78 is 0. The van der Waals surface area contributed by atoms with Crippen LogP contribution >= 0.6 is 0 Å². The molecular weight excluding hydrogens is 396 g/mol. The molecule has 0 spiro atoms. The summed E-state index contributed by atoms with van der Waals surface area (Å²) >= 11 is 0. The average Bonchev–Trinajstić information content (AvgIpc) is 2.85. The number of piperazine rings is 1. The zero-order chi connectivity index (χ0) is 22.1. The Kier molecular flexibility index (Phi) is 5.31. The molecule has 0 radical (unpaired) electrons. The summed E-state index contributed by atoms with van der Waals surface area (Å²) in [6.07, 6.45) is 3.50. The molecule has 2 aromatic carbocycles. The maximum atomic E-state index is 13.6. The van der Waals surface area contributed by atoms with E-state index in [1.165, 1.54) is 16.8 Å². The SMILES string of the molecule is Cc1cccc(N2CCN(C(=O)c3cc(-c4ccncc4)nc4ccccc34)CC2)c1C. The molecule has 4 aromatic rings. The summed E-state index contributed by atoms with van der Waals surface area (Å²) in [7, 11) is 0. The number of fused-ring (bicyclic) bond motifs is 1. The van der Waals surface area contributed by atoms with Crippen molar-refractivity contribution in [3.63, 3.8) is 0 Å². The highest BCUT2D eigenvalue weighted by atomic mass is 16.2. The summed E-state index contributed by atoms with van der Waals surface area (Å²) in [5.74, 6) is 0.0690. The first-order valence-corrected chi connectivity index (χ1v) is 11.0. The molecule has 0 aliphatic carbocycles. The van der Waals surface area contributed by atoms with Crippen molar-refractivity contribution < 1.29 is 4.79 Å². The number of hydrogen-bond acceptors (Lipinski definition) is 4. The molecule has 5 rings (SSSR count). The van der Waals surface area contributed by atoms with E-state index in [0.29, 0.717) is 18.7 Å². The smallest absolute Gasteiger partial charge is 0.254 e. The Morgan fingerprint density at radius 3 is 2.41 bits per heavy atom. The van der Waals surface area contributed by atoms with Gasteiger partial charge in [0, 0.05) is 55.2 Å². The minimum absolute atomic E-state index is 0.0690. The van der Waals surface area contributed by atoms with Crippen LogP contribution in [0.2, 0.25) is 0 Å². The summed E-state index contributed by atoms with van der Waals surface area (Å²) in [4.78, 5) is 26.9. The second kappa shape index (κ2) is 8.42. The van der Waals surface area contributed by atoms with Crippen molar-refractivity contribution in [3.8, 4) is 11.3 Å². The van der Waals surface area contributed by atoms with Crippen LogP contribution in [0.3, 0.4) is 0 Å². The van der Waals surface area contributed by atoms with Gasteiger partial charge in [0.15, 0.2) is 0 Å². The third kappa shape index (κ3) is 3.71. The Hall–Kier alpha value is -3.73. The fourth-order valence-electron chi connectivity index (χ4n) is 4.42. The predicted octanol–water partition coefficient (Wildman–Crippen LogP) is 4.88. The van der Waals surface area contributed by atoms with E-state index in [2.05, 4.69) is 41.9 Å². The standard InChI is InChI=1S/C27H26N4O/c1-19-6-5-9-26(20(19)2)30-14-16-31(17-15-30)27(32)23-18-25(21-10-12-28-13-11-21)29-24-8-4-3-7-22(23)24/h3-13,18H,14-17H2,1-2H3. The van der Waals surface area contributed by atoms with Gasteiger partial charge in [-0.05, 0) is 55.3 Å². The highest BCUT2D eigenvalue weighted by Crippen LogP contribution is 2.27. The maximum Gasteiger partial charge on any atom is 0.254 e. The average molecular weight is 423 g/mol. The van der Waals surface area contributed by atoms with E-state index in [1.807, 2.05) is 47.4 Å². The van der Waals surface area contributed by atoms with E-state index in [1.54, 1.807) is 12.4 Å². The second-order valence-corrected chi connectivity index (χ2v) is 8.31. The van der Waals surface area contributed by atoms with Crippen LogP contribution in [0.1, 0.15) is 21.5 Å². The van der Waals surface area contributed by atoms with Crippen molar-refractivity contribution >= 4 is 22.5 Å². The van der Waals surface area contributed by atoms with Gasteiger partial charge in [-0.15, -0.1) is 0 Å². The Morgan fingerprint density at radius 2 is 1.62 bits per heavy atom. The normalized spacial score (nSPS) is 14.1. The second-order valence-electron chi connectivity index (χ2n) is 8.31. The monoisotopic (exact) mass is 422 g/mol. The Morgan fingerprint density at radius 1 is 0.875 bits per heavy atom. The van der Waals surface area contributed by atoms with E-state index in [0.717, 1.165) is 35.2 Å². The molecule has 0 bridgehead atoms. The quantitative estimate of drug-likeness (QED) is 0.472. The van der Waals surface area contributed by atoms with Gasteiger partial charge in [0.05, 0.1) is 16.8 Å². The summed E-state index contributed by atoms with van der Waals surface area (Å²) in [6, 6.07) is 20.1. The molecule has 1 saturated heterocycles. The fraction of sp³-hybridized carbons (Fsp3) is 0.222. The molecule has 160 valence electrons. The van der Waals surface area contributed by atoms with Crippen LogP contribution in [-0.2, 0) is 0 Å². The Labute approximate surface area is 188 Å². The molecule has 1 fully saturated rings. The number of nitrogens with zero attached hydrogens (tertiary/aromatic N) is 4. The molecule has 0 atom stereocenters. The van der Waals surface area contributed by atoms with E-state index >= 15 is 0 Å². The molecule has 3 heterocycles. The summed E-state index contributed by atoms with van der Waals surface area (Å²) in [6.45, 7) is 7.38. The van der Waals surface area contributed by atoms with Gasteiger partial charge in [0.25, 0.3) is 5.91 Å². The lowest BCUT2D eigenvalue weighted by atomic mass is 10.0. The van der Waals surface area contributed by atoms with Crippen molar-refractivity contribution in [3.05, 3.63) is 89.7 Å². The van der Waals surface area contributed by atoms with Gasteiger partial charge >= 0.3 is 0 Å². The summed E-state index contributed by atoms with van der Waals surface area (Å²) in [5, 5.41) is 0.896. The number of anilines is 1. The van der Waals surface area contributed by atoms with Crippen molar-refractivity contribution in [2.45, 2.75) is 13.8 Å². The number of para-hydroxylation sites is 1. The molecule has 2 aromatic heterocycles. The number of pyridine rings is 2. The molecule has 5 heteroatoms. The summed E-state index contributed by atoms with van der Waals surface area (Å²) in [5.41, 5.74) is 7.18. The van der Waals surface area contributed by atoms with E-state index < -0.39 is 0 Å². The van der Waals surface area contributed by atoms with Crippen LogP contribution < -0.4 is 4.90 Å². The third-order valence-corrected chi connectivity index (χ3v) is 6.41. The topological polar surface area (TPSA) is 49.3 Å². The van der Waals surface area contributed by atoms with Gasteiger partial charge in [0.1, 0.15) is 0 Å². The Bertz CT molecular complexity index is 1280. The Balaban J connectivity index is 1.43. The number of carbonyl (C=O) groups is 1.